The Morgan fingerprint density at radius 2 is 2.20 bits per heavy atom. The number of anilines is 1. The Morgan fingerprint density at radius 3 is 2.90 bits per heavy atom. The second kappa shape index (κ2) is 5.18. The highest BCUT2D eigenvalue weighted by Gasteiger charge is 2.19. The quantitative estimate of drug-likeness (QED) is 0.779. The van der Waals surface area contributed by atoms with Gasteiger partial charge in [-0.05, 0) is 18.4 Å². The Kier molecular flexibility index (Phi) is 3.37. The van der Waals surface area contributed by atoms with Crippen molar-refractivity contribution in [1.29, 1.82) is 0 Å². The van der Waals surface area contributed by atoms with Crippen molar-refractivity contribution >= 4 is 44.6 Å². The number of rotatable bonds is 3. The Morgan fingerprint density at radius 1 is 1.40 bits per heavy atom. The van der Waals surface area contributed by atoms with Crippen LogP contribution in [0.2, 0.25) is 0 Å². The molecule has 0 fully saturated rings. The number of fused-ring (bicyclic) bond motifs is 1. The summed E-state index contributed by atoms with van der Waals surface area (Å²) < 4.78 is 0. The molecule has 0 aliphatic rings. The first-order valence-electron chi connectivity index (χ1n) is 6.00. The van der Waals surface area contributed by atoms with Gasteiger partial charge in [0.05, 0.1) is 11.7 Å². The van der Waals surface area contributed by atoms with E-state index in [1.54, 1.807) is 23.7 Å². The van der Waals surface area contributed by atoms with Crippen LogP contribution in [0.3, 0.4) is 0 Å². The van der Waals surface area contributed by atoms with Gasteiger partial charge in [-0.15, -0.1) is 22.7 Å². The van der Waals surface area contributed by atoms with Crippen LogP contribution in [0, 0.1) is 0 Å². The number of amides is 1. The lowest BCUT2D eigenvalue weighted by molar-refractivity contribution is 0.0945. The number of carbonyl (C=O) groups excluding carboxylic acids is 1. The van der Waals surface area contributed by atoms with E-state index in [1.807, 2.05) is 24.4 Å². The van der Waals surface area contributed by atoms with E-state index < -0.39 is 0 Å². The molecule has 3 N–H and O–H groups in total. The van der Waals surface area contributed by atoms with Crippen LogP contribution < -0.4 is 11.1 Å². The SMILES string of the molecule is CC(NC(=O)c1sc2nccnc2c1N)c1cccs1. The zero-order valence-corrected chi connectivity index (χ0v) is 12.3. The summed E-state index contributed by atoms with van der Waals surface area (Å²) >= 11 is 2.87. The molecule has 0 radical (unpaired) electrons. The van der Waals surface area contributed by atoms with Crippen molar-refractivity contribution < 1.29 is 4.79 Å². The van der Waals surface area contributed by atoms with E-state index in [4.69, 9.17) is 5.73 Å². The third-order valence-corrected chi connectivity index (χ3v) is 5.04. The van der Waals surface area contributed by atoms with Gasteiger partial charge >= 0.3 is 0 Å². The van der Waals surface area contributed by atoms with Gasteiger partial charge < -0.3 is 11.1 Å². The summed E-state index contributed by atoms with van der Waals surface area (Å²) in [7, 11) is 0. The van der Waals surface area contributed by atoms with Crippen LogP contribution in [-0.2, 0) is 0 Å². The fraction of sp³-hybridized carbons (Fsp3) is 0.154. The largest absolute Gasteiger partial charge is 0.396 e. The highest BCUT2D eigenvalue weighted by atomic mass is 32.1. The molecule has 0 aliphatic heterocycles. The molecule has 102 valence electrons. The number of hydrogen-bond acceptors (Lipinski definition) is 6. The molecule has 0 saturated heterocycles. The van der Waals surface area contributed by atoms with Gasteiger partial charge in [-0.1, -0.05) is 6.07 Å². The van der Waals surface area contributed by atoms with Gasteiger partial charge in [0.2, 0.25) is 0 Å². The fourth-order valence-electron chi connectivity index (χ4n) is 1.88. The number of aromatic nitrogens is 2. The second-order valence-corrected chi connectivity index (χ2v) is 6.24. The molecule has 0 saturated carbocycles. The molecule has 3 aromatic rings. The van der Waals surface area contributed by atoms with Gasteiger partial charge in [0.1, 0.15) is 15.2 Å². The highest BCUT2D eigenvalue weighted by Crippen LogP contribution is 2.31. The number of carbonyl (C=O) groups is 1. The zero-order chi connectivity index (χ0) is 14.1. The predicted molar refractivity (Wildman–Crippen MR) is 82.0 cm³/mol. The lowest BCUT2D eigenvalue weighted by Crippen LogP contribution is -2.25. The molecular weight excluding hydrogens is 292 g/mol. The molecule has 1 unspecified atom stereocenters. The first kappa shape index (κ1) is 13.0. The van der Waals surface area contributed by atoms with Crippen LogP contribution in [-0.4, -0.2) is 15.9 Å². The minimum absolute atomic E-state index is 0.0481. The first-order valence-corrected chi connectivity index (χ1v) is 7.69. The number of hydrogen-bond donors (Lipinski definition) is 2. The zero-order valence-electron chi connectivity index (χ0n) is 10.7. The van der Waals surface area contributed by atoms with Crippen molar-refractivity contribution in [2.75, 3.05) is 5.73 Å². The molecule has 3 heterocycles. The van der Waals surface area contributed by atoms with Crippen LogP contribution in [0.25, 0.3) is 10.3 Å². The van der Waals surface area contributed by atoms with Crippen molar-refractivity contribution in [3.8, 4) is 0 Å². The first-order chi connectivity index (χ1) is 9.66. The highest BCUT2D eigenvalue weighted by molar-refractivity contribution is 7.21. The molecule has 0 aliphatic carbocycles. The summed E-state index contributed by atoms with van der Waals surface area (Å²) in [5.41, 5.74) is 6.97. The summed E-state index contributed by atoms with van der Waals surface area (Å²) in [6.07, 6.45) is 3.16. The summed E-state index contributed by atoms with van der Waals surface area (Å²) in [4.78, 5) is 22.9. The molecule has 20 heavy (non-hydrogen) atoms. The van der Waals surface area contributed by atoms with Crippen LogP contribution in [0.15, 0.2) is 29.9 Å². The molecule has 1 amide bonds. The number of nitrogen functional groups attached to an aromatic ring is 1. The van der Waals surface area contributed by atoms with E-state index in [2.05, 4.69) is 15.3 Å². The van der Waals surface area contributed by atoms with Gasteiger partial charge in [-0.2, -0.15) is 0 Å². The van der Waals surface area contributed by atoms with E-state index in [1.165, 1.54) is 11.3 Å². The fourth-order valence-corrected chi connectivity index (χ4v) is 3.54. The molecule has 0 bridgehead atoms. The Labute approximate surface area is 123 Å². The standard InChI is InChI=1S/C13H12N4OS2/c1-7(8-3-2-6-19-8)17-12(18)11-9(14)10-13(20-11)16-5-4-15-10/h2-7H,14H2,1H3,(H,17,18). The molecule has 3 rings (SSSR count). The van der Waals surface area contributed by atoms with Crippen molar-refractivity contribution in [2.24, 2.45) is 0 Å². The molecule has 1 atom stereocenters. The van der Waals surface area contributed by atoms with E-state index in [0.29, 0.717) is 20.9 Å². The minimum atomic E-state index is -0.187. The van der Waals surface area contributed by atoms with Gasteiger partial charge in [-0.3, -0.25) is 4.79 Å². The third-order valence-electron chi connectivity index (χ3n) is 2.89. The lowest BCUT2D eigenvalue weighted by Gasteiger charge is -2.11. The van der Waals surface area contributed by atoms with E-state index in [0.717, 1.165) is 4.88 Å². The lowest BCUT2D eigenvalue weighted by atomic mass is 10.2. The van der Waals surface area contributed by atoms with Crippen LogP contribution in [0.4, 0.5) is 5.69 Å². The molecular formula is C13H12N4OS2. The smallest absolute Gasteiger partial charge is 0.264 e. The predicted octanol–water partition coefficient (Wildman–Crippen LogP) is 2.83. The molecule has 0 spiro atoms. The van der Waals surface area contributed by atoms with Crippen molar-refractivity contribution in [1.82, 2.24) is 15.3 Å². The Balaban J connectivity index is 1.87. The molecule has 5 nitrogen and oxygen atoms in total. The normalized spacial score (nSPS) is 12.4. The second-order valence-electron chi connectivity index (χ2n) is 4.27. The number of thiophene rings is 2. The average Bonchev–Trinajstić information content (AvgIpc) is 3.07. The minimum Gasteiger partial charge on any atom is -0.396 e. The van der Waals surface area contributed by atoms with Crippen molar-refractivity contribution in [3.63, 3.8) is 0 Å². The van der Waals surface area contributed by atoms with E-state index >= 15 is 0 Å². The number of nitrogens with one attached hydrogen (secondary N) is 1. The maximum absolute atomic E-state index is 12.3. The summed E-state index contributed by atoms with van der Waals surface area (Å²) in [5, 5.41) is 4.93. The topological polar surface area (TPSA) is 80.9 Å². The average molecular weight is 304 g/mol. The summed E-state index contributed by atoms with van der Waals surface area (Å²) in [6.45, 7) is 1.95. The third kappa shape index (κ3) is 2.25. The Hall–Kier alpha value is -1.99. The number of nitrogens with zero attached hydrogens (tertiary/aromatic N) is 2. The van der Waals surface area contributed by atoms with Crippen LogP contribution in [0.5, 0.6) is 0 Å². The van der Waals surface area contributed by atoms with E-state index in [-0.39, 0.29) is 11.9 Å². The molecule has 0 aromatic carbocycles. The van der Waals surface area contributed by atoms with Crippen molar-refractivity contribution in [3.05, 3.63) is 39.7 Å². The van der Waals surface area contributed by atoms with E-state index in [9.17, 15) is 4.79 Å². The van der Waals surface area contributed by atoms with Crippen LogP contribution in [0.1, 0.15) is 27.5 Å². The monoisotopic (exact) mass is 304 g/mol. The maximum atomic E-state index is 12.3. The molecule has 7 heteroatoms. The van der Waals surface area contributed by atoms with Crippen molar-refractivity contribution in [2.45, 2.75) is 13.0 Å². The Bertz CT molecular complexity index is 751. The number of nitrogens with two attached hydrogens (primary N) is 1. The van der Waals surface area contributed by atoms with Gasteiger partial charge in [0.15, 0.2) is 0 Å². The molecule has 3 aromatic heterocycles. The van der Waals surface area contributed by atoms with Gasteiger partial charge in [-0.25, -0.2) is 9.97 Å². The van der Waals surface area contributed by atoms with Gasteiger partial charge in [0, 0.05) is 17.3 Å². The van der Waals surface area contributed by atoms with Gasteiger partial charge in [0.25, 0.3) is 5.91 Å². The maximum Gasteiger partial charge on any atom is 0.264 e. The summed E-state index contributed by atoms with van der Waals surface area (Å²) in [6, 6.07) is 3.91. The van der Waals surface area contributed by atoms with Crippen LogP contribution >= 0.6 is 22.7 Å². The summed E-state index contributed by atoms with van der Waals surface area (Å²) in [5.74, 6) is -0.187.